The fraction of sp³-hybridized carbons (Fsp3) is 0.667. The summed E-state index contributed by atoms with van der Waals surface area (Å²) in [4.78, 5) is 11.9. The quantitative estimate of drug-likeness (QED) is 0.638. The first-order chi connectivity index (χ1) is 6.89. The number of halogens is 3. The van der Waals surface area contributed by atoms with Crippen molar-refractivity contribution in [2.45, 2.75) is 37.5 Å². The zero-order valence-corrected chi connectivity index (χ0v) is 7.79. The second kappa shape index (κ2) is 3.15. The first-order valence-corrected chi connectivity index (χ1v) is 4.68. The summed E-state index contributed by atoms with van der Waals surface area (Å²) < 4.78 is 37.2. The van der Waals surface area contributed by atoms with E-state index in [9.17, 15) is 18.0 Å². The normalized spacial score (nSPS) is 30.3. The molecule has 1 N–H and O–H groups in total. The molecular weight excluding hydrogens is 211 g/mol. The van der Waals surface area contributed by atoms with Gasteiger partial charge in [0.2, 0.25) is 0 Å². The SMILES string of the molecule is O=C(O)N1C2C=C(C(F)(F)F)CC1CC2. The van der Waals surface area contributed by atoms with Gasteiger partial charge in [0.25, 0.3) is 0 Å². The summed E-state index contributed by atoms with van der Waals surface area (Å²) in [5, 5.41) is 8.82. The molecule has 1 amide bonds. The predicted molar refractivity (Wildman–Crippen MR) is 45.4 cm³/mol. The lowest BCUT2D eigenvalue weighted by Crippen LogP contribution is -2.43. The molecule has 2 unspecified atom stereocenters. The third-order valence-electron chi connectivity index (χ3n) is 2.98. The Hall–Kier alpha value is -1.20. The van der Waals surface area contributed by atoms with Gasteiger partial charge in [-0.15, -0.1) is 0 Å². The molecule has 2 rings (SSSR count). The summed E-state index contributed by atoms with van der Waals surface area (Å²) in [7, 11) is 0. The van der Waals surface area contributed by atoms with Crippen molar-refractivity contribution in [1.82, 2.24) is 4.90 Å². The van der Waals surface area contributed by atoms with Gasteiger partial charge in [0.15, 0.2) is 0 Å². The van der Waals surface area contributed by atoms with Crippen LogP contribution in [0.15, 0.2) is 11.6 Å². The van der Waals surface area contributed by atoms with Gasteiger partial charge in [-0.3, -0.25) is 4.90 Å². The second-order valence-corrected chi connectivity index (χ2v) is 3.88. The Morgan fingerprint density at radius 3 is 2.60 bits per heavy atom. The fourth-order valence-electron chi connectivity index (χ4n) is 2.34. The van der Waals surface area contributed by atoms with Crippen LogP contribution in [0.25, 0.3) is 0 Å². The zero-order valence-electron chi connectivity index (χ0n) is 7.79. The van der Waals surface area contributed by atoms with E-state index < -0.39 is 29.9 Å². The Labute approximate surface area is 84.2 Å². The molecule has 2 aliphatic rings. The van der Waals surface area contributed by atoms with Crippen LogP contribution in [0.3, 0.4) is 0 Å². The number of nitrogens with zero attached hydrogens (tertiary/aromatic N) is 1. The Morgan fingerprint density at radius 1 is 1.47 bits per heavy atom. The number of rotatable bonds is 0. The molecule has 2 heterocycles. The molecule has 1 fully saturated rings. The average molecular weight is 221 g/mol. The van der Waals surface area contributed by atoms with E-state index in [1.165, 1.54) is 0 Å². The molecule has 0 aromatic heterocycles. The highest BCUT2D eigenvalue weighted by molar-refractivity contribution is 5.67. The largest absolute Gasteiger partial charge is 0.465 e. The molecule has 3 nitrogen and oxygen atoms in total. The summed E-state index contributed by atoms with van der Waals surface area (Å²) in [6.45, 7) is 0. The van der Waals surface area contributed by atoms with Crippen molar-refractivity contribution in [2.75, 3.05) is 0 Å². The van der Waals surface area contributed by atoms with Gasteiger partial charge >= 0.3 is 12.3 Å². The molecular formula is C9H10F3NO2. The number of hydrogen-bond donors (Lipinski definition) is 1. The Kier molecular flexibility index (Phi) is 2.17. The van der Waals surface area contributed by atoms with E-state index in [-0.39, 0.29) is 6.42 Å². The van der Waals surface area contributed by atoms with Gasteiger partial charge in [0.1, 0.15) is 0 Å². The van der Waals surface area contributed by atoms with Gasteiger partial charge in [-0.1, -0.05) is 6.08 Å². The third-order valence-corrected chi connectivity index (χ3v) is 2.98. The summed E-state index contributed by atoms with van der Waals surface area (Å²) >= 11 is 0. The van der Waals surface area contributed by atoms with E-state index in [0.29, 0.717) is 12.8 Å². The lowest BCUT2D eigenvalue weighted by atomic mass is 10.0. The standard InChI is InChI=1S/C9H10F3NO2/c10-9(11,12)5-3-6-1-2-7(4-5)13(6)8(14)15/h3,6-7H,1-2,4H2,(H,14,15). The molecule has 0 aromatic carbocycles. The number of fused-ring (bicyclic) bond motifs is 2. The molecule has 2 bridgehead atoms. The highest BCUT2D eigenvalue weighted by atomic mass is 19.4. The maximum atomic E-state index is 12.4. The smallest absolute Gasteiger partial charge is 0.412 e. The number of alkyl halides is 3. The predicted octanol–water partition coefficient (Wildman–Crippen LogP) is 2.39. The minimum Gasteiger partial charge on any atom is -0.465 e. The number of carbonyl (C=O) groups is 1. The van der Waals surface area contributed by atoms with Gasteiger partial charge in [0.05, 0.1) is 6.04 Å². The fourth-order valence-corrected chi connectivity index (χ4v) is 2.34. The summed E-state index contributed by atoms with van der Waals surface area (Å²) in [5.41, 5.74) is -0.576. The van der Waals surface area contributed by atoms with Crippen molar-refractivity contribution in [3.05, 3.63) is 11.6 Å². The van der Waals surface area contributed by atoms with Crippen LogP contribution in [-0.4, -0.2) is 34.4 Å². The summed E-state index contributed by atoms with van der Waals surface area (Å²) in [6.07, 6.45) is -3.57. The summed E-state index contributed by atoms with van der Waals surface area (Å²) in [6, 6.07) is -1.08. The van der Waals surface area contributed by atoms with E-state index in [1.807, 2.05) is 0 Å². The van der Waals surface area contributed by atoms with E-state index in [2.05, 4.69) is 0 Å². The Bertz CT molecular complexity index is 324. The van der Waals surface area contributed by atoms with Gasteiger partial charge in [0, 0.05) is 11.6 Å². The Morgan fingerprint density at radius 2 is 2.13 bits per heavy atom. The molecule has 1 saturated heterocycles. The maximum absolute atomic E-state index is 12.4. The minimum atomic E-state index is -4.31. The summed E-state index contributed by atoms with van der Waals surface area (Å²) in [5.74, 6) is 0. The van der Waals surface area contributed by atoms with Crippen molar-refractivity contribution >= 4 is 6.09 Å². The highest BCUT2D eigenvalue weighted by Gasteiger charge is 2.46. The van der Waals surface area contributed by atoms with E-state index in [0.717, 1.165) is 11.0 Å². The van der Waals surface area contributed by atoms with Crippen LogP contribution in [0.5, 0.6) is 0 Å². The van der Waals surface area contributed by atoms with Crippen molar-refractivity contribution in [2.24, 2.45) is 0 Å². The maximum Gasteiger partial charge on any atom is 0.412 e. The van der Waals surface area contributed by atoms with Gasteiger partial charge in [-0.2, -0.15) is 13.2 Å². The lowest BCUT2D eigenvalue weighted by molar-refractivity contribution is -0.0974. The Balaban J connectivity index is 2.25. The van der Waals surface area contributed by atoms with Gasteiger partial charge in [-0.25, -0.2) is 4.79 Å². The zero-order chi connectivity index (χ0) is 11.2. The van der Waals surface area contributed by atoms with Crippen LogP contribution in [0.2, 0.25) is 0 Å². The van der Waals surface area contributed by atoms with Crippen LogP contribution in [0.4, 0.5) is 18.0 Å². The van der Waals surface area contributed by atoms with E-state index in [1.54, 1.807) is 0 Å². The minimum absolute atomic E-state index is 0.202. The number of hydrogen-bond acceptors (Lipinski definition) is 1. The van der Waals surface area contributed by atoms with Crippen molar-refractivity contribution < 1.29 is 23.1 Å². The second-order valence-electron chi connectivity index (χ2n) is 3.88. The molecule has 0 aromatic rings. The number of amides is 1. The van der Waals surface area contributed by atoms with E-state index in [4.69, 9.17) is 5.11 Å². The first-order valence-electron chi connectivity index (χ1n) is 4.68. The molecule has 15 heavy (non-hydrogen) atoms. The van der Waals surface area contributed by atoms with Crippen LogP contribution < -0.4 is 0 Å². The van der Waals surface area contributed by atoms with E-state index >= 15 is 0 Å². The molecule has 0 aliphatic carbocycles. The molecule has 0 spiro atoms. The van der Waals surface area contributed by atoms with Crippen molar-refractivity contribution in [1.29, 1.82) is 0 Å². The van der Waals surface area contributed by atoms with Crippen molar-refractivity contribution in [3.63, 3.8) is 0 Å². The molecule has 6 heteroatoms. The lowest BCUT2D eigenvalue weighted by Gasteiger charge is -2.32. The van der Waals surface area contributed by atoms with Gasteiger partial charge < -0.3 is 5.11 Å². The molecule has 0 saturated carbocycles. The monoisotopic (exact) mass is 221 g/mol. The molecule has 84 valence electrons. The number of carboxylic acid groups (broad SMARTS) is 1. The third kappa shape index (κ3) is 1.68. The van der Waals surface area contributed by atoms with Crippen LogP contribution in [-0.2, 0) is 0 Å². The average Bonchev–Trinajstić information content (AvgIpc) is 2.35. The molecule has 0 radical (unpaired) electrons. The van der Waals surface area contributed by atoms with Crippen LogP contribution in [0, 0.1) is 0 Å². The first kappa shape index (κ1) is 10.3. The highest BCUT2D eigenvalue weighted by Crippen LogP contribution is 2.40. The molecule has 2 atom stereocenters. The van der Waals surface area contributed by atoms with Gasteiger partial charge in [-0.05, 0) is 19.3 Å². The topological polar surface area (TPSA) is 40.5 Å². The molecule has 2 aliphatic heterocycles. The van der Waals surface area contributed by atoms with Crippen LogP contribution >= 0.6 is 0 Å². The van der Waals surface area contributed by atoms with Crippen molar-refractivity contribution in [3.8, 4) is 0 Å². The van der Waals surface area contributed by atoms with Crippen LogP contribution in [0.1, 0.15) is 19.3 Å².